The first kappa shape index (κ1) is 14.3. The molecule has 0 saturated carbocycles. The molecular weight excluding hydrogens is 292 g/mol. The zero-order chi connectivity index (χ0) is 15.0. The van der Waals surface area contributed by atoms with Crippen molar-refractivity contribution in [2.24, 2.45) is 11.7 Å². The third-order valence-electron chi connectivity index (χ3n) is 4.09. The van der Waals surface area contributed by atoms with Crippen molar-refractivity contribution in [3.63, 3.8) is 0 Å². The van der Waals surface area contributed by atoms with Crippen LogP contribution in [0.3, 0.4) is 0 Å². The van der Waals surface area contributed by atoms with Crippen molar-refractivity contribution in [3.05, 3.63) is 23.8 Å². The fraction of sp³-hybridized carbons (Fsp3) is 0.500. The van der Waals surface area contributed by atoms with Crippen LogP contribution >= 0.6 is 0 Å². The number of primary amides is 1. The van der Waals surface area contributed by atoms with Gasteiger partial charge < -0.3 is 10.5 Å². The third kappa shape index (κ3) is 2.63. The van der Waals surface area contributed by atoms with E-state index < -0.39 is 21.8 Å². The van der Waals surface area contributed by atoms with E-state index in [1.165, 1.54) is 4.31 Å². The summed E-state index contributed by atoms with van der Waals surface area (Å²) in [4.78, 5) is 11.6. The molecule has 0 aromatic heterocycles. The van der Waals surface area contributed by atoms with Gasteiger partial charge in [-0.1, -0.05) is 0 Å². The van der Waals surface area contributed by atoms with Crippen molar-refractivity contribution in [1.82, 2.24) is 4.31 Å². The first-order valence-corrected chi connectivity index (χ1v) is 8.47. The lowest BCUT2D eigenvalue weighted by atomic mass is 9.99. The molecule has 114 valence electrons. The number of hydrogen-bond acceptors (Lipinski definition) is 4. The second-order valence-corrected chi connectivity index (χ2v) is 7.41. The fourth-order valence-electron chi connectivity index (χ4n) is 2.87. The van der Waals surface area contributed by atoms with Crippen LogP contribution in [0.15, 0.2) is 23.1 Å². The first-order chi connectivity index (χ1) is 9.98. The normalized spacial score (nSPS) is 22.6. The maximum Gasteiger partial charge on any atom is 0.243 e. The highest BCUT2D eigenvalue weighted by Crippen LogP contribution is 2.30. The Bertz CT molecular complexity index is 672. The van der Waals surface area contributed by atoms with Gasteiger partial charge in [-0.25, -0.2) is 8.42 Å². The molecule has 0 bridgehead atoms. The topological polar surface area (TPSA) is 89.7 Å². The van der Waals surface area contributed by atoms with E-state index in [1.807, 2.05) is 0 Å². The Morgan fingerprint density at radius 1 is 1.38 bits per heavy atom. The molecule has 0 radical (unpaired) electrons. The molecule has 7 heteroatoms. The van der Waals surface area contributed by atoms with Gasteiger partial charge >= 0.3 is 0 Å². The van der Waals surface area contributed by atoms with E-state index in [2.05, 4.69) is 0 Å². The number of ether oxygens (including phenoxy) is 1. The number of carbonyl (C=O) groups excluding carboxylic acids is 1. The van der Waals surface area contributed by atoms with Gasteiger partial charge in [0, 0.05) is 19.5 Å². The first-order valence-electron chi connectivity index (χ1n) is 7.03. The van der Waals surface area contributed by atoms with Crippen LogP contribution < -0.4 is 10.5 Å². The molecule has 3 rings (SSSR count). The average Bonchev–Trinajstić information content (AvgIpc) is 2.94. The van der Waals surface area contributed by atoms with Gasteiger partial charge in [0.15, 0.2) is 0 Å². The summed E-state index contributed by atoms with van der Waals surface area (Å²) in [5, 5.41) is 0. The zero-order valence-corrected chi connectivity index (χ0v) is 12.4. The Morgan fingerprint density at radius 3 is 2.95 bits per heavy atom. The summed E-state index contributed by atoms with van der Waals surface area (Å²) in [7, 11) is -3.58. The number of hydrogen-bond donors (Lipinski definition) is 1. The summed E-state index contributed by atoms with van der Waals surface area (Å²) >= 11 is 0. The van der Waals surface area contributed by atoms with E-state index in [0.29, 0.717) is 26.0 Å². The third-order valence-corrected chi connectivity index (χ3v) is 5.95. The minimum Gasteiger partial charge on any atom is -0.493 e. The number of fused-ring (bicyclic) bond motifs is 1. The van der Waals surface area contributed by atoms with Gasteiger partial charge in [-0.05, 0) is 36.6 Å². The second kappa shape index (κ2) is 5.31. The number of carbonyl (C=O) groups is 1. The van der Waals surface area contributed by atoms with Crippen LogP contribution in [0.1, 0.15) is 18.4 Å². The summed E-state index contributed by atoms with van der Waals surface area (Å²) in [5.74, 6) is -0.0776. The molecule has 2 heterocycles. The molecule has 2 N–H and O–H groups in total. The molecule has 1 fully saturated rings. The smallest absolute Gasteiger partial charge is 0.243 e. The number of amides is 1. The Labute approximate surface area is 123 Å². The van der Waals surface area contributed by atoms with Crippen LogP contribution in [-0.4, -0.2) is 38.3 Å². The van der Waals surface area contributed by atoms with Crippen LogP contribution in [-0.2, 0) is 21.2 Å². The van der Waals surface area contributed by atoms with Crippen LogP contribution in [0.25, 0.3) is 0 Å². The molecule has 1 aromatic rings. The highest BCUT2D eigenvalue weighted by atomic mass is 32.2. The van der Waals surface area contributed by atoms with Crippen LogP contribution in [0, 0.1) is 5.92 Å². The monoisotopic (exact) mass is 310 g/mol. The maximum atomic E-state index is 12.7. The van der Waals surface area contributed by atoms with Gasteiger partial charge in [-0.15, -0.1) is 0 Å². The number of nitrogens with two attached hydrogens (primary N) is 1. The minimum absolute atomic E-state index is 0.172. The van der Waals surface area contributed by atoms with Gasteiger partial charge in [0.2, 0.25) is 15.9 Å². The van der Waals surface area contributed by atoms with Gasteiger partial charge in [-0.2, -0.15) is 4.31 Å². The Balaban J connectivity index is 1.88. The van der Waals surface area contributed by atoms with Gasteiger partial charge in [0.1, 0.15) is 5.75 Å². The van der Waals surface area contributed by atoms with Crippen molar-refractivity contribution >= 4 is 15.9 Å². The highest BCUT2D eigenvalue weighted by molar-refractivity contribution is 7.89. The molecular formula is C14H18N2O4S. The van der Waals surface area contributed by atoms with Crippen LogP contribution in [0.4, 0.5) is 0 Å². The van der Waals surface area contributed by atoms with E-state index in [4.69, 9.17) is 10.5 Å². The quantitative estimate of drug-likeness (QED) is 0.880. The fourth-order valence-corrected chi connectivity index (χ4v) is 4.44. The lowest BCUT2D eigenvalue weighted by molar-refractivity contribution is -0.122. The van der Waals surface area contributed by atoms with E-state index in [1.54, 1.807) is 18.2 Å². The Morgan fingerprint density at radius 2 is 2.19 bits per heavy atom. The molecule has 2 aliphatic rings. The second-order valence-electron chi connectivity index (χ2n) is 5.47. The number of nitrogens with zero attached hydrogens (tertiary/aromatic N) is 1. The Kier molecular flexibility index (Phi) is 3.62. The molecule has 21 heavy (non-hydrogen) atoms. The predicted octanol–water partition coefficient (Wildman–Crippen LogP) is 0.507. The summed E-state index contributed by atoms with van der Waals surface area (Å²) in [6, 6.07) is 4.93. The Hall–Kier alpha value is -1.60. The van der Waals surface area contributed by atoms with Crippen LogP contribution in [0.5, 0.6) is 5.75 Å². The lowest BCUT2D eigenvalue weighted by Crippen LogP contribution is -2.44. The molecule has 0 unspecified atom stereocenters. The molecule has 1 atom stereocenters. The van der Waals surface area contributed by atoms with E-state index in [0.717, 1.165) is 17.7 Å². The summed E-state index contributed by atoms with van der Waals surface area (Å²) in [5.41, 5.74) is 6.22. The number of piperidine rings is 1. The maximum absolute atomic E-state index is 12.7. The molecule has 2 aliphatic heterocycles. The molecule has 1 amide bonds. The minimum atomic E-state index is -3.58. The predicted molar refractivity (Wildman–Crippen MR) is 76.3 cm³/mol. The summed E-state index contributed by atoms with van der Waals surface area (Å²) in [6.07, 6.45) is 2.03. The van der Waals surface area contributed by atoms with Gasteiger partial charge in [0.05, 0.1) is 17.4 Å². The van der Waals surface area contributed by atoms with Crippen LogP contribution in [0.2, 0.25) is 0 Å². The van der Waals surface area contributed by atoms with Crippen molar-refractivity contribution in [3.8, 4) is 5.75 Å². The largest absolute Gasteiger partial charge is 0.493 e. The number of rotatable bonds is 3. The number of sulfonamides is 1. The van der Waals surface area contributed by atoms with Gasteiger partial charge in [-0.3, -0.25) is 4.79 Å². The van der Waals surface area contributed by atoms with Crippen molar-refractivity contribution in [2.45, 2.75) is 24.2 Å². The van der Waals surface area contributed by atoms with Crippen molar-refractivity contribution in [1.29, 1.82) is 0 Å². The zero-order valence-electron chi connectivity index (χ0n) is 11.6. The van der Waals surface area contributed by atoms with E-state index in [9.17, 15) is 13.2 Å². The average molecular weight is 310 g/mol. The SMILES string of the molecule is NC(=O)[C@H]1CCCN(S(=O)(=O)c2ccc3c(c2)CCO3)C1. The molecule has 0 spiro atoms. The molecule has 1 saturated heterocycles. The van der Waals surface area contributed by atoms with Crippen molar-refractivity contribution in [2.75, 3.05) is 19.7 Å². The standard InChI is InChI=1S/C14H18N2O4S/c15-14(17)11-2-1-6-16(9-11)21(18,19)12-3-4-13-10(8-12)5-7-20-13/h3-4,8,11H,1-2,5-7,9H2,(H2,15,17)/t11-/m0/s1. The van der Waals surface area contributed by atoms with Crippen molar-refractivity contribution < 1.29 is 17.9 Å². The number of benzene rings is 1. The summed E-state index contributed by atoms with van der Waals surface area (Å²) in [6.45, 7) is 1.19. The molecule has 0 aliphatic carbocycles. The summed E-state index contributed by atoms with van der Waals surface area (Å²) < 4.78 is 32.1. The molecule has 1 aromatic carbocycles. The highest BCUT2D eigenvalue weighted by Gasteiger charge is 2.33. The van der Waals surface area contributed by atoms with Gasteiger partial charge in [0.25, 0.3) is 0 Å². The molecule has 6 nitrogen and oxygen atoms in total. The van der Waals surface area contributed by atoms with E-state index in [-0.39, 0.29) is 11.4 Å². The lowest BCUT2D eigenvalue weighted by Gasteiger charge is -2.30. The van der Waals surface area contributed by atoms with E-state index >= 15 is 0 Å².